The highest BCUT2D eigenvalue weighted by atomic mass is 35.5. The van der Waals surface area contributed by atoms with Gasteiger partial charge in [-0.3, -0.25) is 4.90 Å². The van der Waals surface area contributed by atoms with Gasteiger partial charge in [-0.25, -0.2) is 4.98 Å². The summed E-state index contributed by atoms with van der Waals surface area (Å²) in [6.07, 6.45) is 3.56. The van der Waals surface area contributed by atoms with Crippen molar-refractivity contribution in [2.75, 3.05) is 55.6 Å². The van der Waals surface area contributed by atoms with E-state index in [9.17, 15) is 15.6 Å². The molecule has 13 heteroatoms. The number of hydrogen-bond donors (Lipinski definition) is 4. The molecular formula is C22H25ClN10O2. The van der Waals surface area contributed by atoms with Gasteiger partial charge in [0.15, 0.2) is 17.2 Å². The Labute approximate surface area is 207 Å². The van der Waals surface area contributed by atoms with E-state index in [1.165, 1.54) is 10.7 Å². The molecule has 1 aromatic carbocycles. The summed E-state index contributed by atoms with van der Waals surface area (Å²) in [6.45, 7) is 2.75. The third-order valence-electron chi connectivity index (χ3n) is 5.74. The molecule has 2 fully saturated rings. The van der Waals surface area contributed by atoms with Crippen molar-refractivity contribution >= 4 is 40.4 Å². The first-order valence-electron chi connectivity index (χ1n) is 11.1. The molecule has 1 saturated carbocycles. The minimum absolute atomic E-state index is 0.0165. The molecule has 0 radical (unpaired) electrons. The number of aromatic nitrogens is 4. The first-order valence-corrected chi connectivity index (χ1v) is 11.4. The number of anilines is 4. The fourth-order valence-electron chi connectivity index (χ4n) is 3.77. The second-order valence-electron chi connectivity index (χ2n) is 8.03. The summed E-state index contributed by atoms with van der Waals surface area (Å²) in [7, 11) is 1.00. The number of nitrogens with zero attached hydrogens (tertiary/aromatic N) is 8. The zero-order valence-corrected chi connectivity index (χ0v) is 19.9. The maximum absolute atomic E-state index is 9.58. The van der Waals surface area contributed by atoms with Gasteiger partial charge in [-0.1, -0.05) is 11.6 Å². The van der Waals surface area contributed by atoms with Gasteiger partial charge >= 0.3 is 0 Å². The molecule has 0 unspecified atom stereocenters. The van der Waals surface area contributed by atoms with E-state index in [0.29, 0.717) is 60.0 Å². The SMILES string of the molecule is CO.N#Cc1cc(Nc2nc(NC3CC3)c3ncc(C#N)n3n2)c(Cl)c(N2CCN(CO)CC2)c1. The second-order valence-corrected chi connectivity index (χ2v) is 8.41. The van der Waals surface area contributed by atoms with E-state index in [0.717, 1.165) is 25.6 Å². The largest absolute Gasteiger partial charge is 0.400 e. The quantitative estimate of drug-likeness (QED) is 0.391. The minimum atomic E-state index is 0.0165. The average molecular weight is 497 g/mol. The van der Waals surface area contributed by atoms with E-state index in [4.69, 9.17) is 16.7 Å². The molecule has 1 aliphatic heterocycles. The fraction of sp³-hybridized carbons (Fsp3) is 0.409. The van der Waals surface area contributed by atoms with Gasteiger partial charge in [0, 0.05) is 39.3 Å². The van der Waals surface area contributed by atoms with Gasteiger partial charge in [-0.15, -0.1) is 5.10 Å². The Hall–Kier alpha value is -3.68. The van der Waals surface area contributed by atoms with Crippen molar-refractivity contribution in [1.82, 2.24) is 24.5 Å². The van der Waals surface area contributed by atoms with Crippen LogP contribution in [0, 0.1) is 22.7 Å². The van der Waals surface area contributed by atoms with Crippen molar-refractivity contribution in [3.05, 3.63) is 34.6 Å². The Kier molecular flexibility index (Phi) is 7.48. The number of aliphatic hydroxyl groups excluding tert-OH is 2. The maximum Gasteiger partial charge on any atom is 0.247 e. The van der Waals surface area contributed by atoms with Gasteiger partial charge in [-0.2, -0.15) is 20.0 Å². The molecule has 3 heterocycles. The van der Waals surface area contributed by atoms with Crippen LogP contribution in [-0.2, 0) is 0 Å². The summed E-state index contributed by atoms with van der Waals surface area (Å²) in [4.78, 5) is 12.9. The lowest BCUT2D eigenvalue weighted by molar-refractivity contribution is 0.102. The van der Waals surface area contributed by atoms with Crippen molar-refractivity contribution < 1.29 is 10.2 Å². The van der Waals surface area contributed by atoms with Crippen molar-refractivity contribution in [3.63, 3.8) is 0 Å². The molecule has 1 aliphatic carbocycles. The summed E-state index contributed by atoms with van der Waals surface area (Å²) < 4.78 is 1.44. The highest BCUT2D eigenvalue weighted by molar-refractivity contribution is 6.36. The molecule has 1 saturated heterocycles. The number of piperazine rings is 1. The summed E-state index contributed by atoms with van der Waals surface area (Å²) in [5.74, 6) is 0.762. The van der Waals surface area contributed by atoms with Crippen LogP contribution in [-0.4, -0.2) is 80.8 Å². The Balaban J connectivity index is 0.00000141. The number of fused-ring (bicyclic) bond motifs is 1. The van der Waals surface area contributed by atoms with E-state index in [1.54, 1.807) is 12.1 Å². The highest BCUT2D eigenvalue weighted by Crippen LogP contribution is 2.36. The molecule has 0 atom stereocenters. The van der Waals surface area contributed by atoms with E-state index in [-0.39, 0.29) is 18.4 Å². The zero-order chi connectivity index (χ0) is 24.9. The summed E-state index contributed by atoms with van der Waals surface area (Å²) in [5, 5.41) is 46.7. The van der Waals surface area contributed by atoms with Crippen LogP contribution in [0.25, 0.3) is 5.65 Å². The topological polar surface area (TPSA) is 162 Å². The fourth-order valence-corrected chi connectivity index (χ4v) is 4.05. The minimum Gasteiger partial charge on any atom is -0.400 e. The molecule has 5 rings (SSSR count). The molecule has 35 heavy (non-hydrogen) atoms. The van der Waals surface area contributed by atoms with E-state index in [2.05, 4.69) is 42.7 Å². The van der Waals surface area contributed by atoms with Crippen LogP contribution in [0.4, 0.5) is 23.1 Å². The van der Waals surface area contributed by atoms with Crippen LogP contribution in [0.1, 0.15) is 24.1 Å². The Morgan fingerprint density at radius 2 is 1.89 bits per heavy atom. The molecule has 0 bridgehead atoms. The lowest BCUT2D eigenvalue weighted by Gasteiger charge is -2.35. The zero-order valence-electron chi connectivity index (χ0n) is 19.1. The molecule has 182 valence electrons. The van der Waals surface area contributed by atoms with Crippen LogP contribution in [0.15, 0.2) is 18.3 Å². The molecule has 4 N–H and O–H groups in total. The maximum atomic E-state index is 9.58. The number of imidazole rings is 1. The van der Waals surface area contributed by atoms with E-state index >= 15 is 0 Å². The van der Waals surface area contributed by atoms with Gasteiger partial charge in [0.1, 0.15) is 6.07 Å². The van der Waals surface area contributed by atoms with Crippen molar-refractivity contribution in [2.24, 2.45) is 0 Å². The third kappa shape index (κ3) is 5.21. The number of hydrogen-bond acceptors (Lipinski definition) is 11. The van der Waals surface area contributed by atoms with Crippen molar-refractivity contribution in [1.29, 1.82) is 10.5 Å². The lowest BCUT2D eigenvalue weighted by atomic mass is 10.1. The number of nitrogens with one attached hydrogen (secondary N) is 2. The third-order valence-corrected chi connectivity index (χ3v) is 6.13. The summed E-state index contributed by atoms with van der Waals surface area (Å²) >= 11 is 6.76. The molecule has 12 nitrogen and oxygen atoms in total. The van der Waals surface area contributed by atoms with Gasteiger partial charge in [0.05, 0.1) is 41.0 Å². The molecule has 2 aliphatic rings. The summed E-state index contributed by atoms with van der Waals surface area (Å²) in [6, 6.07) is 8.00. The monoisotopic (exact) mass is 496 g/mol. The smallest absolute Gasteiger partial charge is 0.247 e. The predicted octanol–water partition coefficient (Wildman–Crippen LogP) is 1.52. The normalized spacial score (nSPS) is 15.7. The molecular weight excluding hydrogens is 472 g/mol. The molecule has 2 aromatic heterocycles. The Morgan fingerprint density at radius 1 is 1.14 bits per heavy atom. The number of halogens is 1. The number of rotatable bonds is 6. The van der Waals surface area contributed by atoms with Gasteiger partial charge in [0.25, 0.3) is 0 Å². The van der Waals surface area contributed by atoms with Crippen LogP contribution >= 0.6 is 11.6 Å². The first-order chi connectivity index (χ1) is 17.1. The van der Waals surface area contributed by atoms with Crippen LogP contribution in [0.3, 0.4) is 0 Å². The van der Waals surface area contributed by atoms with Crippen LogP contribution in [0.5, 0.6) is 0 Å². The number of nitriles is 2. The van der Waals surface area contributed by atoms with E-state index in [1.807, 2.05) is 4.90 Å². The predicted molar refractivity (Wildman–Crippen MR) is 131 cm³/mol. The lowest BCUT2D eigenvalue weighted by Crippen LogP contribution is -2.46. The first kappa shape index (κ1) is 24.4. The Morgan fingerprint density at radius 3 is 2.51 bits per heavy atom. The standard InChI is InChI=1S/C21H21ClN10O.CH4O/c22-18-16(7-13(9-23)8-17(18)31-5-3-30(12-33)4-6-31)27-21-28-19(26-14-1-2-14)20-25-11-15(10-24)32(20)29-21;1-2/h7-8,11,14,33H,1-6,12H2,(H2,26,27,28,29);2H,1H3. The number of benzene rings is 1. The molecule has 0 spiro atoms. The molecule has 0 amide bonds. The summed E-state index contributed by atoms with van der Waals surface area (Å²) in [5.41, 5.74) is 2.43. The van der Waals surface area contributed by atoms with Crippen LogP contribution in [0.2, 0.25) is 5.02 Å². The van der Waals surface area contributed by atoms with Gasteiger partial charge in [0.2, 0.25) is 5.95 Å². The second kappa shape index (κ2) is 10.7. The van der Waals surface area contributed by atoms with E-state index < -0.39 is 0 Å². The van der Waals surface area contributed by atoms with Crippen LogP contribution < -0.4 is 15.5 Å². The van der Waals surface area contributed by atoms with Crippen molar-refractivity contribution in [2.45, 2.75) is 18.9 Å². The van der Waals surface area contributed by atoms with Gasteiger partial charge in [-0.05, 0) is 25.0 Å². The average Bonchev–Trinajstić information content (AvgIpc) is 3.62. The Bertz CT molecular complexity index is 1290. The molecule has 3 aromatic rings. The van der Waals surface area contributed by atoms with Crippen molar-refractivity contribution in [3.8, 4) is 12.1 Å². The highest BCUT2D eigenvalue weighted by Gasteiger charge is 2.25. The van der Waals surface area contributed by atoms with Gasteiger partial charge < -0.3 is 25.7 Å². The number of aliphatic hydroxyl groups is 2.